The molecule has 26 heavy (non-hydrogen) atoms. The van der Waals surface area contributed by atoms with Crippen molar-refractivity contribution in [2.45, 2.75) is 32.6 Å². The van der Waals surface area contributed by atoms with Crippen LogP contribution in [0.25, 0.3) is 10.9 Å². The molecule has 0 bridgehead atoms. The number of aromatic nitrogens is 1. The molecule has 5 heteroatoms. The van der Waals surface area contributed by atoms with Crippen LogP contribution in [0, 0.1) is 17.2 Å². The normalized spacial score (nSPS) is 15.0. The molecule has 0 N–H and O–H groups in total. The van der Waals surface area contributed by atoms with E-state index in [0.29, 0.717) is 5.56 Å². The number of hydrogen-bond donors (Lipinski definition) is 0. The zero-order chi connectivity index (χ0) is 18.5. The lowest BCUT2D eigenvalue weighted by Crippen LogP contribution is -2.41. The lowest BCUT2D eigenvalue weighted by atomic mass is 9.94. The summed E-state index contributed by atoms with van der Waals surface area (Å²) in [6, 6.07) is 10.2. The van der Waals surface area contributed by atoms with Gasteiger partial charge in [0.05, 0.1) is 16.8 Å². The summed E-state index contributed by atoms with van der Waals surface area (Å²) in [6.45, 7) is 4.56. The van der Waals surface area contributed by atoms with Crippen molar-refractivity contribution >= 4 is 22.5 Å². The minimum Gasteiger partial charge on any atom is -0.370 e. The van der Waals surface area contributed by atoms with E-state index in [2.05, 4.69) is 22.9 Å². The summed E-state index contributed by atoms with van der Waals surface area (Å²) in [6.07, 6.45) is 5.47. The summed E-state index contributed by atoms with van der Waals surface area (Å²) in [5.74, 6) is 0.352. The van der Waals surface area contributed by atoms with Crippen molar-refractivity contribution in [1.82, 2.24) is 9.88 Å². The number of nitrogens with zero attached hydrogens (tertiary/aromatic N) is 4. The van der Waals surface area contributed by atoms with Crippen LogP contribution in [-0.4, -0.2) is 42.5 Å². The Morgan fingerprint density at radius 2 is 2.08 bits per heavy atom. The van der Waals surface area contributed by atoms with E-state index < -0.39 is 0 Å². The van der Waals surface area contributed by atoms with Crippen LogP contribution < -0.4 is 4.90 Å². The number of rotatable bonds is 5. The van der Waals surface area contributed by atoms with Crippen LogP contribution in [0.1, 0.15) is 38.2 Å². The van der Waals surface area contributed by atoms with Gasteiger partial charge in [0.2, 0.25) is 5.91 Å². The molecule has 5 nitrogen and oxygen atoms in total. The smallest absolute Gasteiger partial charge is 0.225 e. The SMILES string of the molecule is CCCCN(C)C(=O)C1CCN(c2c(C#N)cnc3ccccc23)CC1. The Morgan fingerprint density at radius 1 is 1.35 bits per heavy atom. The highest BCUT2D eigenvalue weighted by Crippen LogP contribution is 2.32. The van der Waals surface area contributed by atoms with Crippen LogP contribution in [-0.2, 0) is 4.79 Å². The number of hydrogen-bond acceptors (Lipinski definition) is 4. The minimum absolute atomic E-state index is 0.0896. The van der Waals surface area contributed by atoms with E-state index in [1.807, 2.05) is 36.2 Å². The van der Waals surface area contributed by atoms with Crippen molar-refractivity contribution in [3.63, 3.8) is 0 Å². The molecule has 0 radical (unpaired) electrons. The summed E-state index contributed by atoms with van der Waals surface area (Å²) in [5, 5.41) is 10.5. The lowest BCUT2D eigenvalue weighted by Gasteiger charge is -2.35. The van der Waals surface area contributed by atoms with Gasteiger partial charge in [0.25, 0.3) is 0 Å². The number of fused-ring (bicyclic) bond motifs is 1. The molecule has 1 aromatic carbocycles. The van der Waals surface area contributed by atoms with Crippen LogP contribution in [0.5, 0.6) is 0 Å². The quantitative estimate of drug-likeness (QED) is 0.827. The number of amides is 1. The van der Waals surface area contributed by atoms with Gasteiger partial charge in [-0.3, -0.25) is 9.78 Å². The number of pyridine rings is 1. The van der Waals surface area contributed by atoms with E-state index in [4.69, 9.17) is 0 Å². The average Bonchev–Trinajstić information content (AvgIpc) is 2.70. The zero-order valence-electron chi connectivity index (χ0n) is 15.6. The first-order valence-corrected chi connectivity index (χ1v) is 9.43. The van der Waals surface area contributed by atoms with Crippen molar-refractivity contribution in [2.24, 2.45) is 5.92 Å². The van der Waals surface area contributed by atoms with Gasteiger partial charge in [0.1, 0.15) is 6.07 Å². The number of benzene rings is 1. The van der Waals surface area contributed by atoms with Gasteiger partial charge >= 0.3 is 0 Å². The molecule has 1 amide bonds. The predicted octanol–water partition coefficient (Wildman–Crippen LogP) is 3.58. The second-order valence-corrected chi connectivity index (χ2v) is 7.02. The summed E-state index contributed by atoms with van der Waals surface area (Å²) in [4.78, 5) is 21.1. The Kier molecular flexibility index (Phi) is 5.72. The molecule has 3 rings (SSSR count). The third-order valence-electron chi connectivity index (χ3n) is 5.25. The molecule has 0 spiro atoms. The monoisotopic (exact) mass is 350 g/mol. The van der Waals surface area contributed by atoms with Gasteiger partial charge in [0, 0.05) is 44.2 Å². The zero-order valence-corrected chi connectivity index (χ0v) is 15.6. The molecular weight excluding hydrogens is 324 g/mol. The number of unbranched alkanes of at least 4 members (excludes halogenated alkanes) is 1. The molecule has 136 valence electrons. The number of piperidine rings is 1. The summed E-state index contributed by atoms with van der Waals surface area (Å²) in [5.41, 5.74) is 2.47. The average molecular weight is 350 g/mol. The van der Waals surface area contributed by atoms with Gasteiger partial charge in [0.15, 0.2) is 0 Å². The van der Waals surface area contributed by atoms with Gasteiger partial charge in [-0.1, -0.05) is 31.5 Å². The largest absolute Gasteiger partial charge is 0.370 e. The molecule has 0 saturated carbocycles. The molecule has 2 heterocycles. The first kappa shape index (κ1) is 18.2. The standard InChI is InChI=1S/C21H26N4O/c1-3-4-11-24(2)21(26)16-9-12-25(13-10-16)20-17(14-22)15-23-19-8-6-5-7-18(19)20/h5-8,15-16H,3-4,9-13H2,1-2H3. The lowest BCUT2D eigenvalue weighted by molar-refractivity contribution is -0.134. The molecule has 0 unspecified atom stereocenters. The van der Waals surface area contributed by atoms with Crippen LogP contribution >= 0.6 is 0 Å². The van der Waals surface area contributed by atoms with E-state index in [9.17, 15) is 10.1 Å². The number of anilines is 1. The Hall–Kier alpha value is -2.61. The summed E-state index contributed by atoms with van der Waals surface area (Å²) in [7, 11) is 1.91. The summed E-state index contributed by atoms with van der Waals surface area (Å²) >= 11 is 0. The fraction of sp³-hybridized carbons (Fsp3) is 0.476. The van der Waals surface area contributed by atoms with Crippen LogP contribution in [0.4, 0.5) is 5.69 Å². The molecule has 0 atom stereocenters. The van der Waals surface area contributed by atoms with Gasteiger partial charge in [-0.25, -0.2) is 0 Å². The third kappa shape index (κ3) is 3.65. The molecule has 0 aliphatic carbocycles. The van der Waals surface area contributed by atoms with Gasteiger partial charge in [-0.15, -0.1) is 0 Å². The van der Waals surface area contributed by atoms with E-state index >= 15 is 0 Å². The molecular formula is C21H26N4O. The predicted molar refractivity (Wildman–Crippen MR) is 104 cm³/mol. The van der Waals surface area contributed by atoms with Gasteiger partial charge in [-0.2, -0.15) is 5.26 Å². The second kappa shape index (κ2) is 8.18. The number of para-hydroxylation sites is 1. The molecule has 1 aliphatic heterocycles. The molecule has 1 fully saturated rings. The van der Waals surface area contributed by atoms with Crippen molar-refractivity contribution in [2.75, 3.05) is 31.6 Å². The maximum Gasteiger partial charge on any atom is 0.225 e. The van der Waals surface area contributed by atoms with Gasteiger partial charge in [-0.05, 0) is 25.3 Å². The fourth-order valence-electron chi connectivity index (χ4n) is 3.72. The van der Waals surface area contributed by atoms with Gasteiger partial charge < -0.3 is 9.80 Å². The van der Waals surface area contributed by atoms with Crippen molar-refractivity contribution in [1.29, 1.82) is 5.26 Å². The molecule has 1 saturated heterocycles. The molecule has 1 aliphatic rings. The Bertz CT molecular complexity index is 818. The molecule has 1 aromatic heterocycles. The number of nitriles is 1. The van der Waals surface area contributed by atoms with E-state index in [1.165, 1.54) is 0 Å². The maximum atomic E-state index is 12.6. The first-order valence-electron chi connectivity index (χ1n) is 9.43. The Morgan fingerprint density at radius 3 is 2.77 bits per heavy atom. The third-order valence-corrected chi connectivity index (χ3v) is 5.25. The minimum atomic E-state index is 0.0896. The fourth-order valence-corrected chi connectivity index (χ4v) is 3.72. The summed E-state index contributed by atoms with van der Waals surface area (Å²) < 4.78 is 0. The number of carbonyl (C=O) groups is 1. The van der Waals surface area contributed by atoms with E-state index in [1.54, 1.807) is 6.20 Å². The van der Waals surface area contributed by atoms with Crippen molar-refractivity contribution in [3.05, 3.63) is 36.0 Å². The first-order chi connectivity index (χ1) is 12.7. The Labute approximate surface area is 155 Å². The highest BCUT2D eigenvalue weighted by atomic mass is 16.2. The second-order valence-electron chi connectivity index (χ2n) is 7.02. The van der Waals surface area contributed by atoms with Crippen LogP contribution in [0.3, 0.4) is 0 Å². The Balaban J connectivity index is 1.76. The highest BCUT2D eigenvalue weighted by Gasteiger charge is 2.28. The van der Waals surface area contributed by atoms with Crippen molar-refractivity contribution < 1.29 is 4.79 Å². The van der Waals surface area contributed by atoms with E-state index in [0.717, 1.165) is 61.9 Å². The molecule has 2 aromatic rings. The van der Waals surface area contributed by atoms with Crippen molar-refractivity contribution in [3.8, 4) is 6.07 Å². The maximum absolute atomic E-state index is 12.6. The highest BCUT2D eigenvalue weighted by molar-refractivity contribution is 5.94. The number of carbonyl (C=O) groups excluding carboxylic acids is 1. The topological polar surface area (TPSA) is 60.2 Å². The van der Waals surface area contributed by atoms with Crippen LogP contribution in [0.2, 0.25) is 0 Å². The van der Waals surface area contributed by atoms with E-state index in [-0.39, 0.29) is 11.8 Å². The van der Waals surface area contributed by atoms with Crippen LogP contribution in [0.15, 0.2) is 30.5 Å².